The van der Waals surface area contributed by atoms with E-state index in [4.69, 9.17) is 0 Å². The summed E-state index contributed by atoms with van der Waals surface area (Å²) in [6.07, 6.45) is 2.74. The lowest BCUT2D eigenvalue weighted by atomic mass is 9.97. The van der Waals surface area contributed by atoms with Gasteiger partial charge in [0.2, 0.25) is 21.8 Å². The van der Waals surface area contributed by atoms with Crippen molar-refractivity contribution in [3.8, 4) is 0 Å². The number of H-pyrrole nitrogens is 1. The number of fused-ring (bicyclic) bond motifs is 1. The second-order valence-electron chi connectivity index (χ2n) is 7.62. The van der Waals surface area contributed by atoms with E-state index in [0.717, 1.165) is 16.6 Å². The van der Waals surface area contributed by atoms with Crippen LogP contribution in [0.5, 0.6) is 0 Å². The number of aromatic nitrogens is 1. The van der Waals surface area contributed by atoms with Gasteiger partial charge in [0.05, 0.1) is 10.6 Å². The summed E-state index contributed by atoms with van der Waals surface area (Å²) in [5, 5.41) is 6.55. The van der Waals surface area contributed by atoms with Crippen molar-refractivity contribution < 1.29 is 18.0 Å². The van der Waals surface area contributed by atoms with Crippen LogP contribution in [0.4, 0.5) is 11.4 Å². The number of carbonyl (C=O) groups is 2. The van der Waals surface area contributed by atoms with E-state index in [1.807, 2.05) is 30.5 Å². The molecule has 0 bridgehead atoms. The monoisotopic (exact) mass is 440 g/mol. The van der Waals surface area contributed by atoms with Gasteiger partial charge in [-0.25, -0.2) is 8.42 Å². The molecular formula is C22H24N4O4S. The molecule has 1 fully saturated rings. The zero-order valence-electron chi connectivity index (χ0n) is 17.1. The Morgan fingerprint density at radius 3 is 2.39 bits per heavy atom. The van der Waals surface area contributed by atoms with E-state index in [0.29, 0.717) is 18.5 Å². The molecule has 1 aliphatic rings. The Morgan fingerprint density at radius 1 is 1.00 bits per heavy atom. The quantitative estimate of drug-likeness (QED) is 0.566. The summed E-state index contributed by atoms with van der Waals surface area (Å²) in [6.45, 7) is 1.95. The third-order valence-corrected chi connectivity index (χ3v) is 7.40. The lowest BCUT2D eigenvalue weighted by Crippen LogP contribution is -2.41. The first-order valence-electron chi connectivity index (χ1n) is 10.1. The summed E-state index contributed by atoms with van der Waals surface area (Å²) in [5.74, 6) is -0.558. The van der Waals surface area contributed by atoms with Gasteiger partial charge in [-0.05, 0) is 55.3 Å². The van der Waals surface area contributed by atoms with Crippen molar-refractivity contribution in [1.82, 2.24) is 9.29 Å². The highest BCUT2D eigenvalue weighted by atomic mass is 32.2. The average molecular weight is 441 g/mol. The number of rotatable bonds is 5. The molecule has 2 amide bonds. The van der Waals surface area contributed by atoms with E-state index in [2.05, 4.69) is 15.6 Å². The third-order valence-electron chi connectivity index (χ3n) is 5.49. The minimum Gasteiger partial charge on any atom is -0.361 e. The average Bonchev–Trinajstić information content (AvgIpc) is 3.24. The number of nitrogens with one attached hydrogen (secondary N) is 3. The van der Waals surface area contributed by atoms with Crippen molar-refractivity contribution in [2.75, 3.05) is 23.7 Å². The molecule has 2 aromatic carbocycles. The second kappa shape index (κ2) is 8.52. The first-order chi connectivity index (χ1) is 14.8. The van der Waals surface area contributed by atoms with E-state index in [-0.39, 0.29) is 35.7 Å². The van der Waals surface area contributed by atoms with Gasteiger partial charge in [0.15, 0.2) is 0 Å². The van der Waals surface area contributed by atoms with Gasteiger partial charge in [-0.3, -0.25) is 9.59 Å². The molecule has 31 heavy (non-hydrogen) atoms. The summed E-state index contributed by atoms with van der Waals surface area (Å²) in [4.78, 5) is 27.2. The van der Waals surface area contributed by atoms with Crippen LogP contribution in [0.1, 0.15) is 19.8 Å². The summed E-state index contributed by atoms with van der Waals surface area (Å²) >= 11 is 0. The topological polar surface area (TPSA) is 111 Å². The number of sulfonamides is 1. The highest BCUT2D eigenvalue weighted by Gasteiger charge is 2.32. The summed E-state index contributed by atoms with van der Waals surface area (Å²) in [7, 11) is -3.65. The fourth-order valence-electron chi connectivity index (χ4n) is 3.85. The van der Waals surface area contributed by atoms with Crippen LogP contribution in [-0.2, 0) is 19.6 Å². The van der Waals surface area contributed by atoms with Crippen molar-refractivity contribution >= 4 is 44.1 Å². The maximum Gasteiger partial charge on any atom is 0.243 e. The van der Waals surface area contributed by atoms with Crippen LogP contribution >= 0.6 is 0 Å². The molecule has 0 radical (unpaired) electrons. The maximum atomic E-state index is 12.9. The molecule has 4 rings (SSSR count). The summed E-state index contributed by atoms with van der Waals surface area (Å²) < 4.78 is 27.3. The number of anilines is 2. The Balaban J connectivity index is 1.39. The Bertz CT molecular complexity index is 1210. The molecule has 9 heteroatoms. The lowest BCUT2D eigenvalue weighted by Gasteiger charge is -2.30. The number of nitrogens with zero attached hydrogens (tertiary/aromatic N) is 1. The minimum atomic E-state index is -3.65. The number of amides is 2. The molecule has 1 aromatic heterocycles. The zero-order chi connectivity index (χ0) is 22.0. The lowest BCUT2D eigenvalue weighted by molar-refractivity contribution is -0.121. The molecular weight excluding hydrogens is 416 g/mol. The Morgan fingerprint density at radius 2 is 1.71 bits per heavy atom. The third kappa shape index (κ3) is 4.47. The molecule has 8 nitrogen and oxygen atoms in total. The molecule has 1 saturated heterocycles. The number of benzene rings is 2. The molecule has 0 atom stereocenters. The highest BCUT2D eigenvalue weighted by molar-refractivity contribution is 7.89. The van der Waals surface area contributed by atoms with Gasteiger partial charge in [-0.1, -0.05) is 6.07 Å². The number of hydrogen-bond donors (Lipinski definition) is 3. The van der Waals surface area contributed by atoms with Crippen LogP contribution in [0, 0.1) is 5.92 Å². The molecule has 0 aliphatic carbocycles. The van der Waals surface area contributed by atoms with Crippen LogP contribution in [0.25, 0.3) is 10.9 Å². The van der Waals surface area contributed by atoms with Crippen molar-refractivity contribution in [3.63, 3.8) is 0 Å². The van der Waals surface area contributed by atoms with E-state index in [1.165, 1.54) is 23.4 Å². The van der Waals surface area contributed by atoms with E-state index in [9.17, 15) is 18.0 Å². The number of aromatic amines is 1. The molecule has 2 heterocycles. The van der Waals surface area contributed by atoms with Gasteiger partial charge >= 0.3 is 0 Å². The first-order valence-corrected chi connectivity index (χ1v) is 11.5. The van der Waals surface area contributed by atoms with E-state index < -0.39 is 10.0 Å². The molecule has 0 unspecified atom stereocenters. The fourth-order valence-corrected chi connectivity index (χ4v) is 5.32. The Kier molecular flexibility index (Phi) is 5.79. The number of hydrogen-bond acceptors (Lipinski definition) is 4. The smallest absolute Gasteiger partial charge is 0.243 e. The molecule has 0 spiro atoms. The van der Waals surface area contributed by atoms with Crippen LogP contribution < -0.4 is 10.6 Å². The van der Waals surface area contributed by atoms with Crippen LogP contribution in [0.2, 0.25) is 0 Å². The Hall–Kier alpha value is -3.17. The van der Waals surface area contributed by atoms with Crippen molar-refractivity contribution in [1.29, 1.82) is 0 Å². The van der Waals surface area contributed by atoms with Crippen LogP contribution in [0.15, 0.2) is 59.6 Å². The van der Waals surface area contributed by atoms with Gasteiger partial charge in [0.1, 0.15) is 0 Å². The van der Waals surface area contributed by atoms with Crippen molar-refractivity contribution in [2.24, 2.45) is 5.92 Å². The fraction of sp³-hybridized carbons (Fsp3) is 0.273. The van der Waals surface area contributed by atoms with Gasteiger partial charge in [0, 0.05) is 48.7 Å². The van der Waals surface area contributed by atoms with Crippen LogP contribution in [0.3, 0.4) is 0 Å². The largest absolute Gasteiger partial charge is 0.361 e. The van der Waals surface area contributed by atoms with Gasteiger partial charge in [-0.15, -0.1) is 0 Å². The SMILES string of the molecule is CC(=O)Nc1ccc(S(=O)(=O)N2CCC(C(=O)Nc3cccc4[nH]ccc34)CC2)cc1. The maximum absolute atomic E-state index is 12.9. The summed E-state index contributed by atoms with van der Waals surface area (Å²) in [5.41, 5.74) is 2.24. The highest BCUT2D eigenvalue weighted by Crippen LogP contribution is 2.27. The molecule has 3 aromatic rings. The van der Waals surface area contributed by atoms with Crippen LogP contribution in [-0.4, -0.2) is 42.6 Å². The standard InChI is InChI=1S/C22H24N4O4S/c1-15(27)24-17-5-7-18(8-6-17)31(29,30)26-13-10-16(11-14-26)22(28)25-21-4-2-3-20-19(21)9-12-23-20/h2-9,12,16,23H,10-11,13-14H2,1H3,(H,24,27)(H,25,28). The molecule has 3 N–H and O–H groups in total. The van der Waals surface area contributed by atoms with Gasteiger partial charge in [0.25, 0.3) is 0 Å². The minimum absolute atomic E-state index is 0.0922. The number of piperidine rings is 1. The molecule has 1 aliphatic heterocycles. The predicted molar refractivity (Wildman–Crippen MR) is 119 cm³/mol. The molecule has 0 saturated carbocycles. The van der Waals surface area contributed by atoms with Crippen molar-refractivity contribution in [3.05, 3.63) is 54.7 Å². The van der Waals surface area contributed by atoms with Crippen molar-refractivity contribution in [2.45, 2.75) is 24.7 Å². The van der Waals surface area contributed by atoms with E-state index >= 15 is 0 Å². The zero-order valence-corrected chi connectivity index (χ0v) is 17.9. The van der Waals surface area contributed by atoms with Gasteiger partial charge in [-0.2, -0.15) is 4.31 Å². The molecule has 162 valence electrons. The summed E-state index contributed by atoms with van der Waals surface area (Å²) in [6, 6.07) is 13.7. The normalized spacial score (nSPS) is 15.6. The second-order valence-corrected chi connectivity index (χ2v) is 9.56. The Labute approximate surface area is 180 Å². The van der Waals surface area contributed by atoms with E-state index in [1.54, 1.807) is 12.1 Å². The van der Waals surface area contributed by atoms with Gasteiger partial charge < -0.3 is 15.6 Å². The first kappa shape index (κ1) is 21.1. The number of carbonyl (C=O) groups excluding carboxylic acids is 2. The predicted octanol–water partition coefficient (Wildman–Crippen LogP) is 3.17.